The Kier molecular flexibility index (Phi) is 5.73. The van der Waals surface area contributed by atoms with Gasteiger partial charge in [-0.2, -0.15) is 0 Å². The fraction of sp³-hybridized carbons (Fsp3) is 0.421. The second-order valence-corrected chi connectivity index (χ2v) is 6.24. The standard InChI is InChI=1S/C19H24N4O2/c1-14-13-21-19(17-5-3-4-16(12-17)15(2)24)22-18(14)20-6-7-23-8-10-25-11-9-23/h3-5,12-13H,6-11H2,1-2H3,(H,20,21,22). The van der Waals surface area contributed by atoms with Crippen LogP contribution >= 0.6 is 0 Å². The van der Waals surface area contributed by atoms with Crippen LogP contribution in [0, 0.1) is 6.92 Å². The van der Waals surface area contributed by atoms with Crippen molar-refractivity contribution >= 4 is 11.6 Å². The van der Waals surface area contributed by atoms with Gasteiger partial charge in [-0.25, -0.2) is 9.97 Å². The molecule has 25 heavy (non-hydrogen) atoms. The number of carbonyl (C=O) groups excluding carboxylic acids is 1. The Morgan fingerprint density at radius 3 is 2.88 bits per heavy atom. The van der Waals surface area contributed by atoms with Crippen LogP contribution in [0.2, 0.25) is 0 Å². The first-order valence-corrected chi connectivity index (χ1v) is 8.62. The molecule has 2 heterocycles. The van der Waals surface area contributed by atoms with Crippen molar-refractivity contribution in [2.24, 2.45) is 0 Å². The van der Waals surface area contributed by atoms with Gasteiger partial charge in [0.1, 0.15) is 5.82 Å². The van der Waals surface area contributed by atoms with Crippen LogP contribution in [0.5, 0.6) is 0 Å². The summed E-state index contributed by atoms with van der Waals surface area (Å²) in [5, 5.41) is 3.41. The number of morpholine rings is 1. The number of Topliss-reactive ketones (excluding diaryl/α,β-unsaturated/α-hetero) is 1. The normalized spacial score (nSPS) is 15.1. The van der Waals surface area contributed by atoms with Crippen LogP contribution in [-0.4, -0.2) is 60.0 Å². The molecule has 6 heteroatoms. The Morgan fingerprint density at radius 1 is 1.32 bits per heavy atom. The van der Waals surface area contributed by atoms with Crippen molar-refractivity contribution in [2.75, 3.05) is 44.7 Å². The van der Waals surface area contributed by atoms with Crippen molar-refractivity contribution in [3.63, 3.8) is 0 Å². The molecule has 0 amide bonds. The summed E-state index contributed by atoms with van der Waals surface area (Å²) < 4.78 is 5.37. The molecule has 0 atom stereocenters. The maximum absolute atomic E-state index is 11.6. The van der Waals surface area contributed by atoms with Gasteiger partial charge in [0, 0.05) is 49.1 Å². The zero-order valence-corrected chi connectivity index (χ0v) is 14.8. The molecular weight excluding hydrogens is 316 g/mol. The Bertz CT molecular complexity index is 742. The number of ether oxygens (including phenoxy) is 1. The first kappa shape index (κ1) is 17.5. The van der Waals surface area contributed by atoms with Gasteiger partial charge < -0.3 is 10.1 Å². The van der Waals surface area contributed by atoms with E-state index < -0.39 is 0 Å². The highest BCUT2D eigenvalue weighted by Crippen LogP contribution is 2.20. The Balaban J connectivity index is 1.69. The van der Waals surface area contributed by atoms with Crippen molar-refractivity contribution in [3.05, 3.63) is 41.6 Å². The number of benzene rings is 1. The van der Waals surface area contributed by atoms with Crippen molar-refractivity contribution in [2.45, 2.75) is 13.8 Å². The summed E-state index contributed by atoms with van der Waals surface area (Å²) in [6.07, 6.45) is 1.82. The van der Waals surface area contributed by atoms with E-state index in [4.69, 9.17) is 4.74 Å². The Labute approximate surface area is 148 Å². The van der Waals surface area contributed by atoms with Crippen molar-refractivity contribution in [1.29, 1.82) is 0 Å². The monoisotopic (exact) mass is 340 g/mol. The molecule has 3 rings (SSSR count). The maximum Gasteiger partial charge on any atom is 0.161 e. The predicted molar refractivity (Wildman–Crippen MR) is 98.0 cm³/mol. The van der Waals surface area contributed by atoms with E-state index in [-0.39, 0.29) is 5.78 Å². The number of aryl methyl sites for hydroxylation is 1. The minimum absolute atomic E-state index is 0.0396. The first-order chi connectivity index (χ1) is 12.1. The number of rotatable bonds is 6. The molecule has 1 aliphatic rings. The van der Waals surface area contributed by atoms with Crippen molar-refractivity contribution in [3.8, 4) is 11.4 Å². The highest BCUT2D eigenvalue weighted by atomic mass is 16.5. The van der Waals surface area contributed by atoms with Gasteiger partial charge in [0.25, 0.3) is 0 Å². The van der Waals surface area contributed by atoms with Gasteiger partial charge in [0.05, 0.1) is 13.2 Å². The summed E-state index contributed by atoms with van der Waals surface area (Å²) in [7, 11) is 0. The van der Waals surface area contributed by atoms with Gasteiger partial charge in [-0.3, -0.25) is 9.69 Å². The second-order valence-electron chi connectivity index (χ2n) is 6.24. The highest BCUT2D eigenvalue weighted by molar-refractivity contribution is 5.95. The third-order valence-electron chi connectivity index (χ3n) is 4.32. The van der Waals surface area contributed by atoms with E-state index >= 15 is 0 Å². The minimum atomic E-state index is 0.0396. The number of hydrogen-bond acceptors (Lipinski definition) is 6. The molecular formula is C19H24N4O2. The number of carbonyl (C=O) groups is 1. The minimum Gasteiger partial charge on any atom is -0.379 e. The van der Waals surface area contributed by atoms with E-state index in [0.29, 0.717) is 11.4 Å². The summed E-state index contributed by atoms with van der Waals surface area (Å²) >= 11 is 0. The molecule has 1 aromatic heterocycles. The zero-order valence-electron chi connectivity index (χ0n) is 14.8. The molecule has 0 spiro atoms. The lowest BCUT2D eigenvalue weighted by Crippen LogP contribution is -2.39. The molecule has 132 valence electrons. The van der Waals surface area contributed by atoms with Gasteiger partial charge in [-0.15, -0.1) is 0 Å². The van der Waals surface area contributed by atoms with Gasteiger partial charge in [-0.05, 0) is 19.9 Å². The number of aromatic nitrogens is 2. The Hall–Kier alpha value is -2.31. The van der Waals surface area contributed by atoms with Crippen LogP contribution in [0.4, 0.5) is 5.82 Å². The number of ketones is 1. The molecule has 1 aliphatic heterocycles. The van der Waals surface area contributed by atoms with E-state index in [1.165, 1.54) is 0 Å². The van der Waals surface area contributed by atoms with E-state index in [9.17, 15) is 4.79 Å². The lowest BCUT2D eigenvalue weighted by atomic mass is 10.1. The van der Waals surface area contributed by atoms with Crippen LogP contribution in [0.15, 0.2) is 30.5 Å². The van der Waals surface area contributed by atoms with Crippen LogP contribution in [0.3, 0.4) is 0 Å². The third kappa shape index (κ3) is 4.61. The van der Waals surface area contributed by atoms with Crippen LogP contribution in [0.1, 0.15) is 22.8 Å². The zero-order chi connectivity index (χ0) is 17.6. The largest absolute Gasteiger partial charge is 0.379 e. The number of hydrogen-bond donors (Lipinski definition) is 1. The smallest absolute Gasteiger partial charge is 0.161 e. The Morgan fingerprint density at radius 2 is 2.12 bits per heavy atom. The summed E-state index contributed by atoms with van der Waals surface area (Å²) in [6.45, 7) is 8.92. The van der Waals surface area contributed by atoms with E-state index in [2.05, 4.69) is 20.2 Å². The number of nitrogens with zero attached hydrogens (tertiary/aromatic N) is 3. The molecule has 1 N–H and O–H groups in total. The van der Waals surface area contributed by atoms with Crippen LogP contribution in [0.25, 0.3) is 11.4 Å². The lowest BCUT2D eigenvalue weighted by molar-refractivity contribution is 0.0398. The molecule has 1 saturated heterocycles. The van der Waals surface area contributed by atoms with Gasteiger partial charge in [0.2, 0.25) is 0 Å². The molecule has 0 saturated carbocycles. The van der Waals surface area contributed by atoms with Gasteiger partial charge in [-0.1, -0.05) is 18.2 Å². The lowest BCUT2D eigenvalue weighted by Gasteiger charge is -2.26. The average Bonchev–Trinajstić information content (AvgIpc) is 2.64. The first-order valence-electron chi connectivity index (χ1n) is 8.62. The van der Waals surface area contributed by atoms with E-state index in [0.717, 1.165) is 56.3 Å². The fourth-order valence-electron chi connectivity index (χ4n) is 2.79. The average molecular weight is 340 g/mol. The summed E-state index contributed by atoms with van der Waals surface area (Å²) in [4.78, 5) is 23.0. The summed E-state index contributed by atoms with van der Waals surface area (Å²) in [5.74, 6) is 1.51. The SMILES string of the molecule is CC(=O)c1cccc(-c2ncc(C)c(NCCN3CCOCC3)n2)c1. The third-order valence-corrected chi connectivity index (χ3v) is 4.32. The van der Waals surface area contributed by atoms with Crippen molar-refractivity contribution < 1.29 is 9.53 Å². The number of anilines is 1. The quantitative estimate of drug-likeness (QED) is 0.815. The second kappa shape index (κ2) is 8.18. The van der Waals surface area contributed by atoms with E-state index in [1.807, 2.05) is 37.4 Å². The van der Waals surface area contributed by atoms with Gasteiger partial charge >= 0.3 is 0 Å². The molecule has 1 aromatic carbocycles. The predicted octanol–water partition coefficient (Wildman–Crippen LogP) is 2.40. The van der Waals surface area contributed by atoms with Crippen LogP contribution < -0.4 is 5.32 Å². The molecule has 1 fully saturated rings. The van der Waals surface area contributed by atoms with Crippen molar-refractivity contribution in [1.82, 2.24) is 14.9 Å². The summed E-state index contributed by atoms with van der Waals surface area (Å²) in [5.41, 5.74) is 2.53. The van der Waals surface area contributed by atoms with E-state index in [1.54, 1.807) is 6.92 Å². The molecule has 0 unspecified atom stereocenters. The molecule has 6 nitrogen and oxygen atoms in total. The van der Waals surface area contributed by atoms with Crippen LogP contribution in [-0.2, 0) is 4.74 Å². The maximum atomic E-state index is 11.6. The number of nitrogens with one attached hydrogen (secondary N) is 1. The molecule has 0 bridgehead atoms. The van der Waals surface area contributed by atoms with Gasteiger partial charge in [0.15, 0.2) is 11.6 Å². The molecule has 0 radical (unpaired) electrons. The fourth-order valence-corrected chi connectivity index (χ4v) is 2.79. The molecule has 0 aliphatic carbocycles. The highest BCUT2D eigenvalue weighted by Gasteiger charge is 2.11. The summed E-state index contributed by atoms with van der Waals surface area (Å²) in [6, 6.07) is 7.43. The topological polar surface area (TPSA) is 67.4 Å². The molecule has 2 aromatic rings.